The van der Waals surface area contributed by atoms with Gasteiger partial charge >= 0.3 is 0 Å². The van der Waals surface area contributed by atoms with E-state index in [1.165, 1.54) is 0 Å². The van der Waals surface area contributed by atoms with Crippen molar-refractivity contribution in [1.82, 2.24) is 5.32 Å². The number of amides is 1. The third kappa shape index (κ3) is 9.48. The average Bonchev–Trinajstić information content (AvgIpc) is 2.02. The van der Waals surface area contributed by atoms with Crippen molar-refractivity contribution >= 4 is 5.91 Å². The van der Waals surface area contributed by atoms with Crippen molar-refractivity contribution < 1.29 is 9.53 Å². The van der Waals surface area contributed by atoms with Crippen molar-refractivity contribution in [3.8, 4) is 0 Å². The number of hydrogen-bond donors (Lipinski definition) is 2. The average molecular weight is 202 g/mol. The lowest BCUT2D eigenvalue weighted by molar-refractivity contribution is -0.125. The molecule has 0 heterocycles. The summed E-state index contributed by atoms with van der Waals surface area (Å²) in [4.78, 5) is 11.1. The summed E-state index contributed by atoms with van der Waals surface area (Å²) in [6, 6.07) is 0. The zero-order valence-electron chi connectivity index (χ0n) is 9.43. The quantitative estimate of drug-likeness (QED) is 0.617. The Bertz CT molecular complexity index is 164. The lowest BCUT2D eigenvalue weighted by Crippen LogP contribution is -2.31. The molecular formula is C10H22N2O2. The van der Waals surface area contributed by atoms with Gasteiger partial charge in [-0.15, -0.1) is 0 Å². The van der Waals surface area contributed by atoms with Gasteiger partial charge in [0.2, 0.25) is 5.91 Å². The second-order valence-corrected chi connectivity index (χ2v) is 4.50. The molecule has 84 valence electrons. The Kier molecular flexibility index (Phi) is 6.49. The Morgan fingerprint density at radius 1 is 1.43 bits per heavy atom. The number of carbonyl (C=O) groups excluding carboxylic acids is 1. The molecule has 4 heteroatoms. The normalized spacial score (nSPS) is 11.4. The molecule has 4 nitrogen and oxygen atoms in total. The van der Waals surface area contributed by atoms with Crippen LogP contribution in [0.25, 0.3) is 0 Å². The fourth-order valence-corrected chi connectivity index (χ4v) is 0.876. The van der Waals surface area contributed by atoms with Crippen molar-refractivity contribution in [1.29, 1.82) is 0 Å². The molecule has 0 radical (unpaired) electrons. The summed E-state index contributed by atoms with van der Waals surface area (Å²) in [7, 11) is 0. The third-order valence-corrected chi connectivity index (χ3v) is 1.69. The van der Waals surface area contributed by atoms with E-state index in [1.54, 1.807) is 0 Å². The Morgan fingerprint density at radius 2 is 2.07 bits per heavy atom. The van der Waals surface area contributed by atoms with Crippen molar-refractivity contribution in [2.75, 3.05) is 26.3 Å². The van der Waals surface area contributed by atoms with Crippen LogP contribution in [-0.2, 0) is 9.53 Å². The molecule has 0 atom stereocenters. The first-order valence-corrected chi connectivity index (χ1v) is 5.00. The molecule has 0 unspecified atom stereocenters. The van der Waals surface area contributed by atoms with Crippen molar-refractivity contribution in [3.05, 3.63) is 0 Å². The zero-order chi connectivity index (χ0) is 11.0. The van der Waals surface area contributed by atoms with E-state index >= 15 is 0 Å². The van der Waals surface area contributed by atoms with E-state index in [1.807, 2.05) is 0 Å². The standard InChI is InChI=1S/C10H22N2O2/c1-10(2,3)4-6-12-9(13)8-14-7-5-11/h4-8,11H2,1-3H3,(H,12,13). The lowest BCUT2D eigenvalue weighted by Gasteiger charge is -2.17. The number of rotatable bonds is 6. The molecule has 0 spiro atoms. The van der Waals surface area contributed by atoms with Gasteiger partial charge < -0.3 is 15.8 Å². The highest BCUT2D eigenvalue weighted by atomic mass is 16.5. The zero-order valence-corrected chi connectivity index (χ0v) is 9.43. The molecule has 0 aliphatic heterocycles. The number of nitrogens with one attached hydrogen (secondary N) is 1. The molecule has 0 rings (SSSR count). The Balaban J connectivity index is 3.36. The van der Waals surface area contributed by atoms with Gasteiger partial charge in [0.15, 0.2) is 0 Å². The summed E-state index contributed by atoms with van der Waals surface area (Å²) in [6.07, 6.45) is 0.968. The molecule has 0 saturated heterocycles. The van der Waals surface area contributed by atoms with Gasteiger partial charge in [0.05, 0.1) is 6.61 Å². The van der Waals surface area contributed by atoms with Crippen LogP contribution in [0.1, 0.15) is 27.2 Å². The Hall–Kier alpha value is -0.610. The first kappa shape index (κ1) is 13.4. The lowest BCUT2D eigenvalue weighted by atomic mass is 9.92. The van der Waals surface area contributed by atoms with Crippen molar-refractivity contribution in [2.45, 2.75) is 27.2 Å². The predicted molar refractivity (Wildman–Crippen MR) is 57.0 cm³/mol. The number of carbonyl (C=O) groups is 1. The summed E-state index contributed by atoms with van der Waals surface area (Å²) >= 11 is 0. The van der Waals surface area contributed by atoms with Crippen LogP contribution >= 0.6 is 0 Å². The van der Waals surface area contributed by atoms with E-state index in [-0.39, 0.29) is 17.9 Å². The van der Waals surface area contributed by atoms with Gasteiger partial charge in [-0.1, -0.05) is 20.8 Å². The molecule has 0 aromatic carbocycles. The van der Waals surface area contributed by atoms with E-state index < -0.39 is 0 Å². The number of hydrogen-bond acceptors (Lipinski definition) is 3. The smallest absolute Gasteiger partial charge is 0.245 e. The Labute approximate surface area is 86.2 Å². The molecule has 0 fully saturated rings. The first-order chi connectivity index (χ1) is 6.45. The predicted octanol–water partition coefficient (Wildman–Crippen LogP) is 0.514. The molecule has 1 amide bonds. The van der Waals surface area contributed by atoms with Crippen LogP contribution in [0.4, 0.5) is 0 Å². The third-order valence-electron chi connectivity index (χ3n) is 1.69. The van der Waals surface area contributed by atoms with E-state index in [9.17, 15) is 4.79 Å². The summed E-state index contributed by atoms with van der Waals surface area (Å²) in [5, 5.41) is 2.79. The van der Waals surface area contributed by atoms with Gasteiger partial charge in [0, 0.05) is 13.1 Å². The molecule has 0 aliphatic rings. The van der Waals surface area contributed by atoms with E-state index in [2.05, 4.69) is 26.1 Å². The highest BCUT2D eigenvalue weighted by Crippen LogP contribution is 2.16. The van der Waals surface area contributed by atoms with Gasteiger partial charge in [0.25, 0.3) is 0 Å². The summed E-state index contributed by atoms with van der Waals surface area (Å²) < 4.78 is 4.99. The van der Waals surface area contributed by atoms with Crippen LogP contribution in [0, 0.1) is 5.41 Å². The fourth-order valence-electron chi connectivity index (χ4n) is 0.876. The van der Waals surface area contributed by atoms with Crippen molar-refractivity contribution in [2.24, 2.45) is 11.1 Å². The second kappa shape index (κ2) is 6.79. The molecule has 0 aromatic heterocycles. The summed E-state index contributed by atoms with van der Waals surface area (Å²) in [5.74, 6) is -0.0669. The van der Waals surface area contributed by atoms with Crippen LogP contribution in [0.15, 0.2) is 0 Å². The maximum atomic E-state index is 11.1. The SMILES string of the molecule is CC(C)(C)CCNC(=O)COCCN. The second-order valence-electron chi connectivity index (χ2n) is 4.50. The van der Waals surface area contributed by atoms with Gasteiger partial charge in [-0.25, -0.2) is 0 Å². The molecule has 0 aromatic rings. The monoisotopic (exact) mass is 202 g/mol. The van der Waals surface area contributed by atoms with Gasteiger partial charge in [-0.3, -0.25) is 4.79 Å². The Morgan fingerprint density at radius 3 is 2.57 bits per heavy atom. The maximum absolute atomic E-state index is 11.1. The van der Waals surface area contributed by atoms with Gasteiger partial charge in [0.1, 0.15) is 6.61 Å². The molecule has 14 heavy (non-hydrogen) atoms. The summed E-state index contributed by atoms with van der Waals surface area (Å²) in [5.41, 5.74) is 5.47. The number of ether oxygens (including phenoxy) is 1. The molecule has 0 bridgehead atoms. The minimum absolute atomic E-state index is 0.0669. The molecule has 3 N–H and O–H groups in total. The molecule has 0 saturated carbocycles. The van der Waals surface area contributed by atoms with Crippen LogP contribution in [0.5, 0.6) is 0 Å². The van der Waals surface area contributed by atoms with Crippen molar-refractivity contribution in [3.63, 3.8) is 0 Å². The van der Waals surface area contributed by atoms with Crippen LogP contribution in [-0.4, -0.2) is 32.2 Å². The van der Waals surface area contributed by atoms with Gasteiger partial charge in [-0.05, 0) is 11.8 Å². The van der Waals surface area contributed by atoms with E-state index in [0.717, 1.165) is 6.42 Å². The molecule has 0 aliphatic carbocycles. The minimum Gasteiger partial charge on any atom is -0.370 e. The topological polar surface area (TPSA) is 64.3 Å². The minimum atomic E-state index is -0.0669. The van der Waals surface area contributed by atoms with E-state index in [4.69, 9.17) is 10.5 Å². The number of nitrogens with two attached hydrogens (primary N) is 1. The fraction of sp³-hybridized carbons (Fsp3) is 0.900. The van der Waals surface area contributed by atoms with Gasteiger partial charge in [-0.2, -0.15) is 0 Å². The summed E-state index contributed by atoms with van der Waals surface area (Å²) in [6.45, 7) is 8.13. The highest BCUT2D eigenvalue weighted by Gasteiger charge is 2.10. The van der Waals surface area contributed by atoms with Crippen LogP contribution < -0.4 is 11.1 Å². The largest absolute Gasteiger partial charge is 0.370 e. The maximum Gasteiger partial charge on any atom is 0.245 e. The molecular weight excluding hydrogens is 180 g/mol. The highest BCUT2D eigenvalue weighted by molar-refractivity contribution is 5.77. The van der Waals surface area contributed by atoms with Crippen LogP contribution in [0.3, 0.4) is 0 Å². The van der Waals surface area contributed by atoms with Crippen LogP contribution in [0.2, 0.25) is 0 Å². The van der Waals surface area contributed by atoms with E-state index in [0.29, 0.717) is 19.7 Å². The first-order valence-electron chi connectivity index (χ1n) is 5.00.